The summed E-state index contributed by atoms with van der Waals surface area (Å²) in [5.41, 5.74) is 1.80. The van der Waals surface area contributed by atoms with Crippen molar-refractivity contribution in [2.45, 2.75) is 69.2 Å². The van der Waals surface area contributed by atoms with Gasteiger partial charge in [-0.05, 0) is 60.7 Å². The van der Waals surface area contributed by atoms with Crippen molar-refractivity contribution < 1.29 is 18.3 Å². The fraction of sp³-hybridized carbons (Fsp3) is 0.538. The first-order valence-corrected chi connectivity index (χ1v) is 13.3. The highest BCUT2D eigenvalue weighted by atomic mass is 32.2. The predicted molar refractivity (Wildman–Crippen MR) is 136 cm³/mol. The van der Waals surface area contributed by atoms with E-state index in [9.17, 15) is 13.5 Å². The van der Waals surface area contributed by atoms with Crippen molar-refractivity contribution in [1.82, 2.24) is 4.72 Å². The molecule has 0 saturated carbocycles. The molecule has 0 atom stereocenters. The highest BCUT2D eigenvalue weighted by molar-refractivity contribution is 7.89. The molecule has 0 fully saturated rings. The maximum atomic E-state index is 13.7. The Morgan fingerprint density at radius 3 is 2.09 bits per heavy atom. The maximum Gasteiger partial charge on any atom is 0.241 e. The van der Waals surface area contributed by atoms with E-state index in [1.165, 1.54) is 0 Å². The zero-order valence-corrected chi connectivity index (χ0v) is 21.5. The monoisotopic (exact) mass is 476 g/mol. The Bertz CT molecular complexity index is 964. The lowest BCUT2D eigenvalue weighted by atomic mass is 9.89. The van der Waals surface area contributed by atoms with Crippen molar-refractivity contribution in [3.05, 3.63) is 53.6 Å². The number of unbranched alkanes of at least 4 members (excludes halogenated alkanes) is 2. The molecular weight excluding hydrogens is 436 g/mol. The Balaban J connectivity index is 2.47. The standard InChI is InChI=1S/C26H40N2O4S/c1-6-8-16-26(20-29,17-9-7-2)27-33(30,31)25-15-12-23(28(3)4)19-22(25)18-21-10-13-24(32-5)14-11-21/h10-15,19,27,29H,6-9,16-18,20H2,1-5H3. The van der Waals surface area contributed by atoms with E-state index in [0.29, 0.717) is 19.3 Å². The third-order valence-electron chi connectivity index (χ3n) is 6.07. The van der Waals surface area contributed by atoms with E-state index in [1.807, 2.05) is 55.4 Å². The molecule has 0 aromatic heterocycles. The zero-order valence-electron chi connectivity index (χ0n) is 20.7. The number of hydrogen-bond donors (Lipinski definition) is 2. The van der Waals surface area contributed by atoms with Gasteiger partial charge in [-0.2, -0.15) is 0 Å². The van der Waals surface area contributed by atoms with Gasteiger partial charge in [0, 0.05) is 19.8 Å². The van der Waals surface area contributed by atoms with Gasteiger partial charge in [-0.15, -0.1) is 0 Å². The van der Waals surface area contributed by atoms with Gasteiger partial charge in [-0.1, -0.05) is 51.7 Å². The fourth-order valence-corrected chi connectivity index (χ4v) is 5.67. The molecule has 0 spiro atoms. The second-order valence-electron chi connectivity index (χ2n) is 8.96. The minimum atomic E-state index is -3.85. The number of sulfonamides is 1. The zero-order chi connectivity index (χ0) is 24.5. The molecule has 7 heteroatoms. The van der Waals surface area contributed by atoms with Crippen LogP contribution in [0.2, 0.25) is 0 Å². The number of anilines is 1. The maximum absolute atomic E-state index is 13.7. The molecule has 0 aliphatic carbocycles. The third kappa shape index (κ3) is 7.45. The van der Waals surface area contributed by atoms with E-state index in [2.05, 4.69) is 18.6 Å². The van der Waals surface area contributed by atoms with Crippen LogP contribution in [0.25, 0.3) is 0 Å². The van der Waals surface area contributed by atoms with E-state index in [0.717, 1.165) is 48.2 Å². The molecule has 2 N–H and O–H groups in total. The molecule has 2 aromatic carbocycles. The smallest absolute Gasteiger partial charge is 0.241 e. The minimum Gasteiger partial charge on any atom is -0.497 e. The number of benzene rings is 2. The van der Waals surface area contributed by atoms with Crippen LogP contribution in [0, 0.1) is 0 Å². The van der Waals surface area contributed by atoms with Crippen molar-refractivity contribution in [1.29, 1.82) is 0 Å². The Hall–Kier alpha value is -2.09. The molecule has 184 valence electrons. The largest absolute Gasteiger partial charge is 0.497 e. The summed E-state index contributed by atoms with van der Waals surface area (Å²) in [4.78, 5) is 2.22. The van der Waals surface area contributed by atoms with Gasteiger partial charge in [0.15, 0.2) is 0 Å². The summed E-state index contributed by atoms with van der Waals surface area (Å²) in [7, 11) is 1.64. The molecular formula is C26H40N2O4S. The molecule has 0 heterocycles. The molecule has 2 rings (SSSR count). The SMILES string of the molecule is CCCCC(CO)(CCCC)NS(=O)(=O)c1ccc(N(C)C)cc1Cc1ccc(OC)cc1. The van der Waals surface area contributed by atoms with Gasteiger partial charge in [-0.3, -0.25) is 0 Å². The first-order chi connectivity index (χ1) is 15.7. The molecule has 0 unspecified atom stereocenters. The number of nitrogens with one attached hydrogen (secondary N) is 1. The third-order valence-corrected chi connectivity index (χ3v) is 7.75. The van der Waals surface area contributed by atoms with Crippen LogP contribution >= 0.6 is 0 Å². The van der Waals surface area contributed by atoms with Gasteiger partial charge in [0.2, 0.25) is 10.0 Å². The minimum absolute atomic E-state index is 0.212. The highest BCUT2D eigenvalue weighted by Gasteiger charge is 2.34. The van der Waals surface area contributed by atoms with E-state index in [-0.39, 0.29) is 11.5 Å². The van der Waals surface area contributed by atoms with E-state index < -0.39 is 15.6 Å². The second-order valence-corrected chi connectivity index (χ2v) is 10.6. The molecule has 6 nitrogen and oxygen atoms in total. The first-order valence-electron chi connectivity index (χ1n) is 11.8. The highest BCUT2D eigenvalue weighted by Crippen LogP contribution is 2.29. The van der Waals surface area contributed by atoms with Crippen LogP contribution in [0.4, 0.5) is 5.69 Å². The number of rotatable bonds is 14. The fourth-order valence-electron chi connectivity index (χ4n) is 4.00. The summed E-state index contributed by atoms with van der Waals surface area (Å²) >= 11 is 0. The molecule has 0 aliphatic heterocycles. The van der Waals surface area contributed by atoms with Gasteiger partial charge in [-0.25, -0.2) is 13.1 Å². The Kier molecular flexibility index (Phi) is 10.2. The molecule has 0 bridgehead atoms. The first kappa shape index (κ1) is 27.2. The van der Waals surface area contributed by atoms with Crippen LogP contribution in [0.1, 0.15) is 63.5 Å². The summed E-state index contributed by atoms with van der Waals surface area (Å²) in [6, 6.07) is 13.1. The van der Waals surface area contributed by atoms with Crippen LogP contribution in [0.15, 0.2) is 47.4 Å². The quantitative estimate of drug-likeness (QED) is 0.412. The number of nitrogens with zero attached hydrogens (tertiary/aromatic N) is 1. The van der Waals surface area contributed by atoms with Crippen molar-refractivity contribution in [3.63, 3.8) is 0 Å². The van der Waals surface area contributed by atoms with Crippen LogP contribution in [-0.2, 0) is 16.4 Å². The number of aliphatic hydroxyl groups is 1. The van der Waals surface area contributed by atoms with Gasteiger partial charge < -0.3 is 14.7 Å². The number of methoxy groups -OCH3 is 1. The summed E-state index contributed by atoms with van der Waals surface area (Å²) in [6.07, 6.45) is 5.28. The number of aliphatic hydroxyl groups excluding tert-OH is 1. The topological polar surface area (TPSA) is 78.9 Å². The Morgan fingerprint density at radius 1 is 1.00 bits per heavy atom. The summed E-state index contributed by atoms with van der Waals surface area (Å²) < 4.78 is 35.5. The van der Waals surface area contributed by atoms with E-state index in [4.69, 9.17) is 4.74 Å². The van der Waals surface area contributed by atoms with Crippen molar-refractivity contribution in [2.75, 3.05) is 32.7 Å². The molecule has 0 aliphatic rings. The lowest BCUT2D eigenvalue weighted by Gasteiger charge is -2.33. The summed E-state index contributed by atoms with van der Waals surface area (Å²) in [5, 5.41) is 10.3. The average molecular weight is 477 g/mol. The van der Waals surface area contributed by atoms with Crippen LogP contribution < -0.4 is 14.4 Å². The lowest BCUT2D eigenvalue weighted by Crippen LogP contribution is -2.51. The normalized spacial score (nSPS) is 12.1. The summed E-state index contributed by atoms with van der Waals surface area (Å²) in [5.74, 6) is 0.759. The van der Waals surface area contributed by atoms with Crippen molar-refractivity contribution in [2.24, 2.45) is 0 Å². The van der Waals surface area contributed by atoms with Crippen molar-refractivity contribution >= 4 is 15.7 Å². The van der Waals surface area contributed by atoms with Crippen molar-refractivity contribution in [3.8, 4) is 5.75 Å². The molecule has 0 radical (unpaired) electrons. The van der Waals surface area contributed by atoms with Crippen LogP contribution in [0.5, 0.6) is 5.75 Å². The molecule has 2 aromatic rings. The van der Waals surface area contributed by atoms with Gasteiger partial charge in [0.05, 0.1) is 24.2 Å². The Morgan fingerprint density at radius 2 is 1.61 bits per heavy atom. The van der Waals surface area contributed by atoms with Gasteiger partial charge in [0.25, 0.3) is 0 Å². The molecule has 0 amide bonds. The Labute approximate surface area is 200 Å². The number of hydrogen-bond acceptors (Lipinski definition) is 5. The van der Waals surface area contributed by atoms with Crippen LogP contribution in [-0.4, -0.2) is 46.9 Å². The van der Waals surface area contributed by atoms with E-state index in [1.54, 1.807) is 13.2 Å². The summed E-state index contributed by atoms with van der Waals surface area (Å²) in [6.45, 7) is 3.93. The lowest BCUT2D eigenvalue weighted by molar-refractivity contribution is 0.158. The average Bonchev–Trinajstić information content (AvgIpc) is 2.81. The van der Waals surface area contributed by atoms with Gasteiger partial charge >= 0.3 is 0 Å². The van der Waals surface area contributed by atoms with Gasteiger partial charge in [0.1, 0.15) is 5.75 Å². The second kappa shape index (κ2) is 12.4. The predicted octanol–water partition coefficient (Wildman–Crippen LogP) is 4.74. The number of ether oxygens (including phenoxy) is 1. The molecule has 0 saturated heterocycles. The van der Waals surface area contributed by atoms with Crippen LogP contribution in [0.3, 0.4) is 0 Å². The van der Waals surface area contributed by atoms with E-state index >= 15 is 0 Å². The molecule has 33 heavy (non-hydrogen) atoms.